The maximum Gasteiger partial charge on any atom is 0.245 e. The standard InChI is InChI=1S/C17H22N6O3S2/c1-10-5-11(7-18)16(19)14(6-10)28(25,26)23(2)9-15(24)22-17-21-12-8-20-4-3-13(12)27-17/h5-7,18,20H,3-4,8-9,19H2,1-2H3,(H,21,22,24). The van der Waals surface area contributed by atoms with E-state index in [9.17, 15) is 13.2 Å². The van der Waals surface area contributed by atoms with Gasteiger partial charge in [-0.05, 0) is 31.0 Å². The number of anilines is 2. The summed E-state index contributed by atoms with van der Waals surface area (Å²) in [6.07, 6.45) is 1.87. The van der Waals surface area contributed by atoms with Gasteiger partial charge in [0.25, 0.3) is 0 Å². The second kappa shape index (κ2) is 7.95. The number of aromatic nitrogens is 1. The Morgan fingerprint density at radius 3 is 2.93 bits per heavy atom. The Morgan fingerprint density at radius 1 is 1.50 bits per heavy atom. The molecule has 11 heteroatoms. The van der Waals surface area contributed by atoms with Crippen LogP contribution in [0.3, 0.4) is 0 Å². The fourth-order valence-electron chi connectivity index (χ4n) is 2.92. The van der Waals surface area contributed by atoms with E-state index in [1.807, 2.05) is 0 Å². The van der Waals surface area contributed by atoms with Gasteiger partial charge in [-0.25, -0.2) is 13.4 Å². The minimum Gasteiger partial charge on any atom is -0.397 e. The monoisotopic (exact) mass is 422 g/mol. The van der Waals surface area contributed by atoms with Crippen LogP contribution in [0.2, 0.25) is 0 Å². The molecular formula is C17H22N6O3S2. The van der Waals surface area contributed by atoms with E-state index >= 15 is 0 Å². The predicted molar refractivity (Wildman–Crippen MR) is 109 cm³/mol. The van der Waals surface area contributed by atoms with Gasteiger partial charge in [-0.2, -0.15) is 4.31 Å². The summed E-state index contributed by atoms with van der Waals surface area (Å²) in [6, 6.07) is 3.07. The lowest BCUT2D eigenvalue weighted by Gasteiger charge is -2.19. The van der Waals surface area contributed by atoms with Crippen LogP contribution in [0, 0.1) is 12.3 Å². The highest BCUT2D eigenvalue weighted by Gasteiger charge is 2.27. The van der Waals surface area contributed by atoms with Crippen molar-refractivity contribution >= 4 is 44.3 Å². The predicted octanol–water partition coefficient (Wildman–Crippen LogP) is 0.936. The van der Waals surface area contributed by atoms with Gasteiger partial charge in [-0.3, -0.25) is 4.79 Å². The minimum atomic E-state index is -4.00. The normalized spacial score (nSPS) is 14.0. The summed E-state index contributed by atoms with van der Waals surface area (Å²) in [7, 11) is -2.68. The number of carbonyl (C=O) groups excluding carboxylic acids is 1. The maximum absolute atomic E-state index is 12.9. The van der Waals surface area contributed by atoms with E-state index in [-0.39, 0.29) is 17.1 Å². The Balaban J connectivity index is 1.75. The second-order valence-corrected chi connectivity index (χ2v) is 9.63. The van der Waals surface area contributed by atoms with Gasteiger partial charge in [-0.15, -0.1) is 11.3 Å². The van der Waals surface area contributed by atoms with E-state index in [0.29, 0.717) is 22.8 Å². The molecule has 1 aliphatic heterocycles. The average molecular weight is 423 g/mol. The summed E-state index contributed by atoms with van der Waals surface area (Å²) in [6.45, 7) is 2.88. The number of hydrogen-bond acceptors (Lipinski definition) is 8. The summed E-state index contributed by atoms with van der Waals surface area (Å²) >= 11 is 1.41. The van der Waals surface area contributed by atoms with Crippen molar-refractivity contribution in [3.8, 4) is 0 Å². The Bertz CT molecular complexity index is 1010. The van der Waals surface area contributed by atoms with Crippen molar-refractivity contribution in [2.45, 2.75) is 24.8 Å². The van der Waals surface area contributed by atoms with Crippen LogP contribution in [0.15, 0.2) is 17.0 Å². The van der Waals surface area contributed by atoms with E-state index in [2.05, 4.69) is 15.6 Å². The molecule has 28 heavy (non-hydrogen) atoms. The number of rotatable bonds is 6. The molecule has 2 heterocycles. The molecule has 0 saturated heterocycles. The number of amides is 1. The molecule has 1 aliphatic rings. The molecule has 0 fully saturated rings. The summed E-state index contributed by atoms with van der Waals surface area (Å²) in [5.74, 6) is -0.483. The van der Waals surface area contributed by atoms with Gasteiger partial charge in [0, 0.05) is 36.8 Å². The minimum absolute atomic E-state index is 0.00652. The molecule has 1 aromatic heterocycles. The molecular weight excluding hydrogens is 400 g/mol. The van der Waals surface area contributed by atoms with Crippen LogP contribution in [0.4, 0.5) is 10.8 Å². The number of carbonyl (C=O) groups is 1. The van der Waals surface area contributed by atoms with Crippen LogP contribution >= 0.6 is 11.3 Å². The zero-order chi connectivity index (χ0) is 20.5. The van der Waals surface area contributed by atoms with Crippen LogP contribution in [-0.4, -0.2) is 50.0 Å². The number of nitrogens with zero attached hydrogens (tertiary/aromatic N) is 2. The number of nitrogens with two attached hydrogens (primary N) is 1. The first kappa shape index (κ1) is 20.4. The van der Waals surface area contributed by atoms with Crippen LogP contribution in [0.5, 0.6) is 0 Å². The van der Waals surface area contributed by atoms with Crippen molar-refractivity contribution in [2.24, 2.45) is 0 Å². The van der Waals surface area contributed by atoms with Crippen molar-refractivity contribution in [3.63, 3.8) is 0 Å². The van der Waals surface area contributed by atoms with Crippen LogP contribution in [0.1, 0.15) is 21.7 Å². The molecule has 150 valence electrons. The quantitative estimate of drug-likeness (QED) is 0.403. The van der Waals surface area contributed by atoms with Crippen LogP contribution < -0.4 is 16.4 Å². The molecule has 5 N–H and O–H groups in total. The van der Waals surface area contributed by atoms with Gasteiger partial charge >= 0.3 is 0 Å². The molecule has 0 spiro atoms. The molecule has 9 nitrogen and oxygen atoms in total. The lowest BCUT2D eigenvalue weighted by Crippen LogP contribution is -2.35. The first-order chi connectivity index (χ1) is 13.2. The highest BCUT2D eigenvalue weighted by atomic mass is 32.2. The van der Waals surface area contributed by atoms with Gasteiger partial charge in [0.2, 0.25) is 15.9 Å². The molecule has 0 bridgehead atoms. The van der Waals surface area contributed by atoms with Crippen molar-refractivity contribution < 1.29 is 13.2 Å². The topological polar surface area (TPSA) is 141 Å². The number of nitrogens with one attached hydrogen (secondary N) is 3. The maximum atomic E-state index is 12.9. The third-order valence-electron chi connectivity index (χ3n) is 4.37. The molecule has 1 aromatic carbocycles. The SMILES string of the molecule is Cc1cc(C=N)c(N)c(S(=O)(=O)N(C)CC(=O)Nc2nc3c(s2)CCNC3)c1. The fourth-order valence-corrected chi connectivity index (χ4v) is 5.26. The number of fused-ring (bicyclic) bond motifs is 1. The molecule has 0 aliphatic carbocycles. The summed E-state index contributed by atoms with van der Waals surface area (Å²) in [5.41, 5.74) is 7.81. The summed E-state index contributed by atoms with van der Waals surface area (Å²) in [5, 5.41) is 13.7. The number of benzene rings is 1. The second-order valence-electron chi connectivity index (χ2n) is 6.54. The molecule has 0 unspecified atom stereocenters. The Hall–Kier alpha value is -2.34. The van der Waals surface area contributed by atoms with Gasteiger partial charge in [0.1, 0.15) is 4.90 Å². The number of nitrogen functional groups attached to an aromatic ring is 1. The highest BCUT2D eigenvalue weighted by Crippen LogP contribution is 2.27. The van der Waals surface area contributed by atoms with Gasteiger partial charge < -0.3 is 21.8 Å². The number of likely N-dealkylation sites (N-methyl/N-ethyl adjacent to an activating group) is 1. The number of hydrogen-bond donors (Lipinski definition) is 4. The molecule has 2 aromatic rings. The third-order valence-corrected chi connectivity index (χ3v) is 7.29. The zero-order valence-electron chi connectivity index (χ0n) is 15.6. The summed E-state index contributed by atoms with van der Waals surface area (Å²) in [4.78, 5) is 17.7. The molecule has 3 rings (SSSR count). The van der Waals surface area contributed by atoms with Crippen molar-refractivity contribution in [2.75, 3.05) is 31.2 Å². The Kier molecular flexibility index (Phi) is 5.79. The zero-order valence-corrected chi connectivity index (χ0v) is 17.2. The van der Waals surface area contributed by atoms with E-state index in [0.717, 1.165) is 34.1 Å². The van der Waals surface area contributed by atoms with E-state index in [1.165, 1.54) is 24.5 Å². The molecule has 0 atom stereocenters. The molecule has 0 saturated carbocycles. The van der Waals surface area contributed by atoms with Crippen molar-refractivity contribution in [1.82, 2.24) is 14.6 Å². The van der Waals surface area contributed by atoms with E-state index < -0.39 is 15.9 Å². The average Bonchev–Trinajstić information content (AvgIpc) is 3.04. The third kappa shape index (κ3) is 4.07. The number of sulfonamides is 1. The van der Waals surface area contributed by atoms with Crippen LogP contribution in [-0.2, 0) is 27.8 Å². The largest absolute Gasteiger partial charge is 0.397 e. The summed E-state index contributed by atoms with van der Waals surface area (Å²) < 4.78 is 26.7. The molecule has 1 amide bonds. The fraction of sp³-hybridized carbons (Fsp3) is 0.353. The van der Waals surface area contributed by atoms with Crippen LogP contribution in [0.25, 0.3) is 0 Å². The highest BCUT2D eigenvalue weighted by molar-refractivity contribution is 7.89. The van der Waals surface area contributed by atoms with E-state index in [4.69, 9.17) is 11.1 Å². The van der Waals surface area contributed by atoms with Crippen molar-refractivity contribution in [1.29, 1.82) is 5.41 Å². The van der Waals surface area contributed by atoms with Crippen molar-refractivity contribution in [3.05, 3.63) is 33.8 Å². The first-order valence-corrected chi connectivity index (χ1v) is 10.8. The lowest BCUT2D eigenvalue weighted by atomic mass is 10.1. The smallest absolute Gasteiger partial charge is 0.245 e. The van der Waals surface area contributed by atoms with Gasteiger partial charge in [-0.1, -0.05) is 0 Å². The lowest BCUT2D eigenvalue weighted by molar-refractivity contribution is -0.116. The molecule has 0 radical (unpaired) electrons. The number of aryl methyl sites for hydroxylation is 1. The number of thiazole rings is 1. The Labute approximate surface area is 167 Å². The van der Waals surface area contributed by atoms with Gasteiger partial charge in [0.15, 0.2) is 5.13 Å². The Morgan fingerprint density at radius 2 is 2.25 bits per heavy atom. The van der Waals surface area contributed by atoms with E-state index in [1.54, 1.807) is 13.0 Å². The first-order valence-electron chi connectivity index (χ1n) is 8.58. The van der Waals surface area contributed by atoms with Gasteiger partial charge in [0.05, 0.1) is 17.9 Å².